The largest absolute Gasteiger partial charge is 0.445 e. The van der Waals surface area contributed by atoms with Crippen LogP contribution in [-0.4, -0.2) is 35.5 Å². The Bertz CT molecular complexity index is 1080. The van der Waals surface area contributed by atoms with Gasteiger partial charge in [0.1, 0.15) is 12.2 Å². The number of hydrogen-bond acceptors (Lipinski definition) is 5. The van der Waals surface area contributed by atoms with Crippen molar-refractivity contribution < 1.29 is 24.2 Å². The minimum absolute atomic E-state index is 0.0883. The highest BCUT2D eigenvalue weighted by Gasteiger charge is 2.29. The molecule has 3 N–H and O–H groups in total. The molecule has 2 amide bonds. The van der Waals surface area contributed by atoms with Gasteiger partial charge in [-0.2, -0.15) is 0 Å². The minimum atomic E-state index is -0.845. The average Bonchev–Trinajstić information content (AvgIpc) is 2.79. The van der Waals surface area contributed by atoms with Crippen LogP contribution in [0.1, 0.15) is 37.9 Å². The molecule has 174 valence electrons. The topological polar surface area (TPSA) is 96.9 Å². The van der Waals surface area contributed by atoms with E-state index in [1.807, 2.05) is 72.8 Å². The number of nitrogens with one attached hydrogen (secondary N) is 2. The molecule has 0 aromatic heterocycles. The third-order valence-corrected chi connectivity index (χ3v) is 4.92. The summed E-state index contributed by atoms with van der Waals surface area (Å²) in [6.45, 7) is 4.96. The number of amides is 2. The monoisotopic (exact) mass is 450 g/mol. The number of benzene rings is 3. The lowest BCUT2D eigenvalue weighted by Gasteiger charge is -2.29. The highest BCUT2D eigenvalue weighted by molar-refractivity contribution is 5.83. The summed E-state index contributed by atoms with van der Waals surface area (Å²) < 4.78 is 10.7. The van der Waals surface area contributed by atoms with Crippen molar-refractivity contribution in [3.05, 3.63) is 83.9 Å². The lowest BCUT2D eigenvalue weighted by molar-refractivity contribution is 0.0477. The summed E-state index contributed by atoms with van der Waals surface area (Å²) in [5, 5.41) is 17.6. The fraction of sp³-hybridized carbons (Fsp3) is 0.308. The van der Waals surface area contributed by atoms with E-state index < -0.39 is 36.5 Å². The van der Waals surface area contributed by atoms with Gasteiger partial charge >= 0.3 is 12.2 Å². The number of aliphatic hydroxyl groups excluding tert-OH is 1. The summed E-state index contributed by atoms with van der Waals surface area (Å²) in [6, 6.07) is 21.2. The van der Waals surface area contributed by atoms with Crippen LogP contribution in [-0.2, 0) is 16.1 Å². The van der Waals surface area contributed by atoms with E-state index in [1.165, 1.54) is 0 Å². The lowest BCUT2D eigenvalue weighted by atomic mass is 9.97. The highest BCUT2D eigenvalue weighted by Crippen LogP contribution is 2.24. The van der Waals surface area contributed by atoms with Crippen LogP contribution in [0.25, 0.3) is 10.8 Å². The van der Waals surface area contributed by atoms with Crippen LogP contribution >= 0.6 is 0 Å². The molecule has 0 aliphatic heterocycles. The van der Waals surface area contributed by atoms with Crippen LogP contribution in [0.5, 0.6) is 0 Å². The first-order chi connectivity index (χ1) is 15.7. The first kappa shape index (κ1) is 24.1. The van der Waals surface area contributed by atoms with Crippen LogP contribution in [0, 0.1) is 0 Å². The lowest BCUT2D eigenvalue weighted by Crippen LogP contribution is -2.49. The fourth-order valence-corrected chi connectivity index (χ4v) is 3.40. The van der Waals surface area contributed by atoms with Gasteiger partial charge in [-0.25, -0.2) is 9.59 Å². The summed E-state index contributed by atoms with van der Waals surface area (Å²) >= 11 is 0. The molecule has 0 aliphatic rings. The van der Waals surface area contributed by atoms with Gasteiger partial charge in [0.05, 0.1) is 18.7 Å². The van der Waals surface area contributed by atoms with Gasteiger partial charge in [-0.1, -0.05) is 66.7 Å². The van der Waals surface area contributed by atoms with Gasteiger partial charge in [0, 0.05) is 0 Å². The maximum atomic E-state index is 12.6. The van der Waals surface area contributed by atoms with Gasteiger partial charge in [-0.05, 0) is 48.7 Å². The van der Waals surface area contributed by atoms with E-state index in [9.17, 15) is 14.7 Å². The molecule has 0 fully saturated rings. The van der Waals surface area contributed by atoms with Crippen molar-refractivity contribution in [2.75, 3.05) is 6.61 Å². The summed E-state index contributed by atoms with van der Waals surface area (Å²) in [5.74, 6) is 0. The molecule has 7 nitrogen and oxygen atoms in total. The van der Waals surface area contributed by atoms with E-state index in [0.29, 0.717) is 5.56 Å². The Morgan fingerprint density at radius 1 is 0.879 bits per heavy atom. The zero-order chi connectivity index (χ0) is 23.8. The molecule has 0 bridgehead atoms. The van der Waals surface area contributed by atoms with Gasteiger partial charge in [0.15, 0.2) is 0 Å². The van der Waals surface area contributed by atoms with Crippen LogP contribution in [0.3, 0.4) is 0 Å². The Balaban J connectivity index is 1.80. The molecule has 0 heterocycles. The zero-order valence-electron chi connectivity index (χ0n) is 19.1. The molecule has 0 aliphatic carbocycles. The van der Waals surface area contributed by atoms with Gasteiger partial charge in [0.2, 0.25) is 0 Å². The molecule has 3 aromatic carbocycles. The molecule has 7 heteroatoms. The van der Waals surface area contributed by atoms with E-state index in [4.69, 9.17) is 9.47 Å². The van der Waals surface area contributed by atoms with E-state index in [2.05, 4.69) is 10.6 Å². The Kier molecular flexibility index (Phi) is 7.90. The predicted octanol–water partition coefficient (Wildman–Crippen LogP) is 4.69. The van der Waals surface area contributed by atoms with Crippen LogP contribution in [0.4, 0.5) is 9.59 Å². The third kappa shape index (κ3) is 7.22. The van der Waals surface area contributed by atoms with Crippen LogP contribution in [0.2, 0.25) is 0 Å². The molecule has 3 aromatic rings. The number of fused-ring (bicyclic) bond motifs is 1. The summed E-state index contributed by atoms with van der Waals surface area (Å²) in [5.41, 5.74) is 0.850. The Morgan fingerprint density at radius 3 is 2.21 bits per heavy atom. The maximum absolute atomic E-state index is 12.6. The van der Waals surface area contributed by atoms with Crippen molar-refractivity contribution in [1.82, 2.24) is 10.6 Å². The molecule has 0 radical (unpaired) electrons. The van der Waals surface area contributed by atoms with Crippen molar-refractivity contribution in [3.8, 4) is 0 Å². The second kappa shape index (κ2) is 10.8. The summed E-state index contributed by atoms with van der Waals surface area (Å²) in [6.07, 6.45) is -1.35. The second-order valence-corrected chi connectivity index (χ2v) is 8.73. The predicted molar refractivity (Wildman–Crippen MR) is 127 cm³/mol. The molecular weight excluding hydrogens is 420 g/mol. The third-order valence-electron chi connectivity index (χ3n) is 4.92. The zero-order valence-corrected chi connectivity index (χ0v) is 19.1. The van der Waals surface area contributed by atoms with Crippen molar-refractivity contribution in [1.29, 1.82) is 0 Å². The number of rotatable bonds is 7. The van der Waals surface area contributed by atoms with E-state index >= 15 is 0 Å². The minimum Gasteiger partial charge on any atom is -0.445 e. The van der Waals surface area contributed by atoms with Crippen molar-refractivity contribution in [2.45, 2.75) is 45.1 Å². The van der Waals surface area contributed by atoms with Gasteiger partial charge in [-0.3, -0.25) is 0 Å². The van der Waals surface area contributed by atoms with E-state index in [0.717, 1.165) is 16.3 Å². The van der Waals surface area contributed by atoms with Crippen LogP contribution in [0.15, 0.2) is 72.8 Å². The maximum Gasteiger partial charge on any atom is 0.408 e. The Labute approximate surface area is 193 Å². The highest BCUT2D eigenvalue weighted by atomic mass is 16.6. The van der Waals surface area contributed by atoms with Gasteiger partial charge < -0.3 is 25.2 Å². The molecule has 33 heavy (non-hydrogen) atoms. The van der Waals surface area contributed by atoms with Crippen molar-refractivity contribution in [2.24, 2.45) is 0 Å². The normalized spacial score (nSPS) is 13.1. The molecular formula is C26H30N2O5. The van der Waals surface area contributed by atoms with Gasteiger partial charge in [-0.15, -0.1) is 0 Å². The molecule has 0 spiro atoms. The number of alkyl carbamates (subject to hydrolysis) is 2. The smallest absolute Gasteiger partial charge is 0.408 e. The average molecular weight is 451 g/mol. The Hall–Kier alpha value is -3.58. The Morgan fingerprint density at radius 2 is 1.55 bits per heavy atom. The van der Waals surface area contributed by atoms with Crippen molar-refractivity contribution >= 4 is 23.0 Å². The summed E-state index contributed by atoms with van der Waals surface area (Å²) in [4.78, 5) is 25.0. The van der Waals surface area contributed by atoms with Crippen molar-refractivity contribution in [3.63, 3.8) is 0 Å². The number of hydrogen-bond donors (Lipinski definition) is 3. The number of aliphatic hydroxyl groups is 1. The molecule has 0 saturated heterocycles. The molecule has 0 saturated carbocycles. The SMILES string of the molecule is CC(C)(C)OC(=O)N[C@H](c1ccc2ccccc2c1)[C@@H](CO)NC(=O)OCc1ccccc1. The quantitative estimate of drug-likeness (QED) is 0.485. The first-order valence-electron chi connectivity index (χ1n) is 10.8. The van der Waals surface area contributed by atoms with Crippen LogP contribution < -0.4 is 10.6 Å². The molecule has 0 unspecified atom stereocenters. The number of ether oxygens (including phenoxy) is 2. The number of carbonyl (C=O) groups is 2. The summed E-state index contributed by atoms with van der Waals surface area (Å²) in [7, 11) is 0. The first-order valence-corrected chi connectivity index (χ1v) is 10.8. The molecule has 2 atom stereocenters. The number of carbonyl (C=O) groups excluding carboxylic acids is 2. The standard InChI is InChI=1S/C26H30N2O5/c1-26(2,3)33-25(31)28-23(21-14-13-19-11-7-8-12-20(19)15-21)22(16-29)27-24(30)32-17-18-9-5-4-6-10-18/h4-15,22-23,29H,16-17H2,1-3H3,(H,27,30)(H,28,31)/t22-,23-/m1/s1. The van der Waals surface area contributed by atoms with E-state index in [1.54, 1.807) is 20.8 Å². The fourth-order valence-electron chi connectivity index (χ4n) is 3.40. The van der Waals surface area contributed by atoms with Gasteiger partial charge in [0.25, 0.3) is 0 Å². The molecule has 3 rings (SSSR count). The van der Waals surface area contributed by atoms with E-state index in [-0.39, 0.29) is 6.61 Å². The second-order valence-electron chi connectivity index (χ2n) is 8.73.